The molecule has 7 nitrogen and oxygen atoms in total. The number of unbranched alkanes of at least 4 members (excludes halogenated alkanes) is 1. The van der Waals surface area contributed by atoms with Crippen molar-refractivity contribution in [1.29, 1.82) is 0 Å². The monoisotopic (exact) mass is 323 g/mol. The number of fused-ring (bicyclic) bond motifs is 1. The zero-order valence-corrected chi connectivity index (χ0v) is 13.3. The second kappa shape index (κ2) is 6.99. The van der Waals surface area contributed by atoms with Crippen LogP contribution >= 0.6 is 0 Å². The maximum absolute atomic E-state index is 12.0. The van der Waals surface area contributed by atoms with Gasteiger partial charge in [0.2, 0.25) is 5.88 Å². The lowest BCUT2D eigenvalue weighted by molar-refractivity contribution is 0.0990. The first kappa shape index (κ1) is 15.8. The minimum atomic E-state index is -0.604. The van der Waals surface area contributed by atoms with Crippen molar-refractivity contribution in [3.8, 4) is 5.88 Å². The van der Waals surface area contributed by atoms with Crippen LogP contribution in [0.1, 0.15) is 30.3 Å². The first-order valence-corrected chi connectivity index (χ1v) is 7.74. The Morgan fingerprint density at radius 2 is 2.12 bits per heavy atom. The summed E-state index contributed by atoms with van der Waals surface area (Å²) < 4.78 is 1.79. The Hall–Kier alpha value is -3.09. The summed E-state index contributed by atoms with van der Waals surface area (Å²) in [5.41, 5.74) is 1.26. The largest absolute Gasteiger partial charge is 0.493 e. The Labute approximate surface area is 138 Å². The van der Waals surface area contributed by atoms with E-state index in [4.69, 9.17) is 0 Å². The van der Waals surface area contributed by atoms with Crippen LogP contribution in [0.4, 0.5) is 5.69 Å². The number of para-hydroxylation sites is 1. The lowest BCUT2D eigenvalue weighted by Gasteiger charge is -2.05. The first-order chi connectivity index (χ1) is 11.7. The molecule has 0 aliphatic carbocycles. The van der Waals surface area contributed by atoms with Gasteiger partial charge in [-0.3, -0.25) is 9.78 Å². The molecule has 0 spiro atoms. The van der Waals surface area contributed by atoms with Crippen LogP contribution in [0, 0.1) is 0 Å². The molecule has 0 saturated heterocycles. The number of hydrogen-bond donors (Lipinski definition) is 1. The third-order valence-corrected chi connectivity index (χ3v) is 3.68. The topological polar surface area (TPSA) is 92.7 Å². The number of nitrogens with zero attached hydrogens (tertiary/aromatic N) is 5. The molecular formula is C17H17N5O2. The zero-order chi connectivity index (χ0) is 16.9. The van der Waals surface area contributed by atoms with Crippen LogP contribution in [-0.4, -0.2) is 25.5 Å². The van der Waals surface area contributed by atoms with Crippen molar-refractivity contribution in [2.45, 2.75) is 26.3 Å². The summed E-state index contributed by atoms with van der Waals surface area (Å²) in [4.78, 5) is 19.7. The quantitative estimate of drug-likeness (QED) is 0.721. The second-order valence-corrected chi connectivity index (χ2v) is 5.29. The van der Waals surface area contributed by atoms with Gasteiger partial charge in [0, 0.05) is 24.3 Å². The van der Waals surface area contributed by atoms with Crippen LogP contribution in [0.15, 0.2) is 53.1 Å². The summed E-state index contributed by atoms with van der Waals surface area (Å²) in [6.07, 6.45) is 6.15. The van der Waals surface area contributed by atoms with Crippen LogP contribution in [0.2, 0.25) is 0 Å². The van der Waals surface area contributed by atoms with E-state index >= 15 is 0 Å². The number of aromatic nitrogens is 3. The molecule has 3 aromatic rings. The lowest BCUT2D eigenvalue weighted by Crippen LogP contribution is -1.97. The Bertz CT molecular complexity index is 887. The van der Waals surface area contributed by atoms with E-state index in [1.807, 2.05) is 24.3 Å². The molecule has 0 aliphatic heterocycles. The van der Waals surface area contributed by atoms with Gasteiger partial charge in [0.15, 0.2) is 5.69 Å². The summed E-state index contributed by atoms with van der Waals surface area (Å²) in [5, 5.41) is 18.9. The number of benzene rings is 1. The van der Waals surface area contributed by atoms with Crippen molar-refractivity contribution in [2.75, 3.05) is 0 Å². The number of carbonyl (C=O) groups is 1. The maximum atomic E-state index is 12.0. The van der Waals surface area contributed by atoms with Gasteiger partial charge in [-0.1, -0.05) is 31.5 Å². The van der Waals surface area contributed by atoms with Crippen LogP contribution in [0.5, 0.6) is 5.88 Å². The van der Waals surface area contributed by atoms with E-state index < -0.39 is 5.91 Å². The van der Waals surface area contributed by atoms with E-state index in [9.17, 15) is 9.90 Å². The van der Waals surface area contributed by atoms with Gasteiger partial charge in [-0.05, 0) is 12.5 Å². The number of hydrogen-bond acceptors (Lipinski definition) is 5. The van der Waals surface area contributed by atoms with Crippen LogP contribution < -0.4 is 0 Å². The molecule has 2 heterocycles. The van der Waals surface area contributed by atoms with E-state index in [2.05, 4.69) is 27.1 Å². The van der Waals surface area contributed by atoms with Gasteiger partial charge in [0.25, 0.3) is 0 Å². The van der Waals surface area contributed by atoms with E-state index in [-0.39, 0.29) is 11.6 Å². The zero-order valence-electron chi connectivity index (χ0n) is 13.3. The summed E-state index contributed by atoms with van der Waals surface area (Å²) in [6.45, 7) is 2.76. The maximum Gasteiger partial charge on any atom is 0.315 e. The first-order valence-electron chi connectivity index (χ1n) is 7.74. The van der Waals surface area contributed by atoms with Crippen molar-refractivity contribution in [3.63, 3.8) is 0 Å². The molecule has 3 rings (SSSR count). The highest BCUT2D eigenvalue weighted by Crippen LogP contribution is 2.39. The Balaban J connectivity index is 1.99. The lowest BCUT2D eigenvalue weighted by atomic mass is 10.2. The van der Waals surface area contributed by atoms with E-state index in [0.29, 0.717) is 12.2 Å². The Morgan fingerprint density at radius 3 is 2.88 bits per heavy atom. The highest BCUT2D eigenvalue weighted by molar-refractivity contribution is 5.96. The molecule has 0 radical (unpaired) electrons. The van der Waals surface area contributed by atoms with Gasteiger partial charge >= 0.3 is 5.91 Å². The molecule has 1 N–H and O–H groups in total. The average molecular weight is 323 g/mol. The third-order valence-electron chi connectivity index (χ3n) is 3.68. The second-order valence-electron chi connectivity index (χ2n) is 5.29. The van der Waals surface area contributed by atoms with Gasteiger partial charge in [-0.2, -0.15) is 0 Å². The fourth-order valence-corrected chi connectivity index (χ4v) is 2.47. The van der Waals surface area contributed by atoms with Crippen LogP contribution in [-0.2, 0) is 6.54 Å². The highest BCUT2D eigenvalue weighted by Gasteiger charge is 2.16. The molecular weight excluding hydrogens is 306 g/mol. The predicted molar refractivity (Wildman–Crippen MR) is 89.4 cm³/mol. The number of rotatable bonds is 5. The van der Waals surface area contributed by atoms with Gasteiger partial charge < -0.3 is 9.67 Å². The number of aromatic hydroxyl groups is 1. The van der Waals surface area contributed by atoms with Gasteiger partial charge in [0.1, 0.15) is 5.69 Å². The minimum Gasteiger partial charge on any atom is -0.493 e. The molecule has 7 heteroatoms. The van der Waals surface area contributed by atoms with Crippen molar-refractivity contribution in [2.24, 2.45) is 10.2 Å². The fraction of sp³-hybridized carbons (Fsp3) is 0.235. The number of aryl methyl sites for hydroxylation is 1. The summed E-state index contributed by atoms with van der Waals surface area (Å²) >= 11 is 0. The summed E-state index contributed by atoms with van der Waals surface area (Å²) in [7, 11) is 0. The molecule has 2 aromatic heterocycles. The Kier molecular flexibility index (Phi) is 4.60. The van der Waals surface area contributed by atoms with Gasteiger partial charge in [-0.15, -0.1) is 10.2 Å². The smallest absolute Gasteiger partial charge is 0.315 e. The standard InChI is InChI=1S/C17H17N5O2/c1-2-3-10-22-14-7-5-4-6-12(14)15(17(22)24)20-21-16(23)13-11-18-8-9-19-13/h4-9,11,24H,2-3,10H2,1H3. The van der Waals surface area contributed by atoms with Crippen molar-refractivity contribution < 1.29 is 9.90 Å². The van der Waals surface area contributed by atoms with Gasteiger partial charge in [-0.25, -0.2) is 4.98 Å². The Morgan fingerprint density at radius 1 is 1.29 bits per heavy atom. The molecule has 0 unspecified atom stereocenters. The highest BCUT2D eigenvalue weighted by atomic mass is 16.3. The average Bonchev–Trinajstić information content (AvgIpc) is 2.90. The molecule has 0 fully saturated rings. The van der Waals surface area contributed by atoms with Crippen molar-refractivity contribution in [1.82, 2.24) is 14.5 Å². The van der Waals surface area contributed by atoms with Crippen molar-refractivity contribution in [3.05, 3.63) is 48.5 Å². The SMILES string of the molecule is CCCCn1c(O)c(N=NC(=O)c2cnccn2)c2ccccc21. The molecule has 1 aromatic carbocycles. The fourth-order valence-electron chi connectivity index (χ4n) is 2.47. The van der Waals surface area contributed by atoms with Crippen LogP contribution in [0.3, 0.4) is 0 Å². The molecule has 24 heavy (non-hydrogen) atoms. The molecule has 0 aliphatic rings. The molecule has 0 bridgehead atoms. The molecule has 1 amide bonds. The summed E-state index contributed by atoms with van der Waals surface area (Å²) in [6, 6.07) is 7.51. The third kappa shape index (κ3) is 3.01. The minimum absolute atomic E-state index is 0.0142. The van der Waals surface area contributed by atoms with Crippen molar-refractivity contribution >= 4 is 22.5 Å². The predicted octanol–water partition coefficient (Wildman–Crippen LogP) is 3.86. The van der Waals surface area contributed by atoms with E-state index in [0.717, 1.165) is 23.7 Å². The van der Waals surface area contributed by atoms with E-state index in [1.54, 1.807) is 4.57 Å². The summed E-state index contributed by atoms with van der Waals surface area (Å²) in [5.74, 6) is -0.590. The normalized spacial score (nSPS) is 11.4. The van der Waals surface area contributed by atoms with E-state index in [1.165, 1.54) is 18.6 Å². The number of azo groups is 1. The number of carbonyl (C=O) groups excluding carboxylic acids is 1. The molecule has 122 valence electrons. The van der Waals surface area contributed by atoms with Crippen LogP contribution in [0.25, 0.3) is 10.9 Å². The molecule has 0 atom stereocenters. The molecule has 0 saturated carbocycles. The number of amides is 1. The van der Waals surface area contributed by atoms with Gasteiger partial charge in [0.05, 0.1) is 11.7 Å².